The van der Waals surface area contributed by atoms with Crippen LogP contribution < -0.4 is 10.1 Å². The van der Waals surface area contributed by atoms with Crippen LogP contribution in [0.5, 0.6) is 5.75 Å². The lowest BCUT2D eigenvalue weighted by Crippen LogP contribution is -2.36. The van der Waals surface area contributed by atoms with Gasteiger partial charge in [-0.25, -0.2) is 0 Å². The van der Waals surface area contributed by atoms with Crippen molar-refractivity contribution >= 4 is 17.5 Å². The van der Waals surface area contributed by atoms with Gasteiger partial charge in [0.15, 0.2) is 0 Å². The van der Waals surface area contributed by atoms with E-state index < -0.39 is 0 Å². The number of aryl methyl sites for hydroxylation is 1. The van der Waals surface area contributed by atoms with Crippen LogP contribution in [0.15, 0.2) is 30.9 Å². The fourth-order valence-electron chi connectivity index (χ4n) is 2.29. The minimum atomic E-state index is -0.244. The third kappa shape index (κ3) is 3.84. The molecular formula is C16H20N2O3. The zero-order valence-corrected chi connectivity index (χ0v) is 12.2. The van der Waals surface area contributed by atoms with Crippen LogP contribution in [0.2, 0.25) is 0 Å². The van der Waals surface area contributed by atoms with Gasteiger partial charge in [-0.05, 0) is 49.6 Å². The number of ether oxygens (including phenoxy) is 1. The average molecular weight is 288 g/mol. The summed E-state index contributed by atoms with van der Waals surface area (Å²) in [6.45, 7) is 6.49. The Morgan fingerprint density at radius 1 is 1.48 bits per heavy atom. The molecule has 0 aromatic heterocycles. The second kappa shape index (κ2) is 6.92. The smallest absolute Gasteiger partial charge is 0.246 e. The van der Waals surface area contributed by atoms with Crippen LogP contribution in [0, 0.1) is 0 Å². The number of benzene rings is 1. The SMILES string of the molecule is C=CC(=O)N(CC)CC(=O)Nc1ccc2c(c1)CCCO2. The average Bonchev–Trinajstić information content (AvgIpc) is 2.51. The summed E-state index contributed by atoms with van der Waals surface area (Å²) in [5.41, 5.74) is 1.83. The number of hydrogen-bond acceptors (Lipinski definition) is 3. The second-order valence-electron chi connectivity index (χ2n) is 4.88. The van der Waals surface area contributed by atoms with E-state index in [-0.39, 0.29) is 18.4 Å². The predicted molar refractivity (Wildman–Crippen MR) is 81.3 cm³/mol. The standard InChI is InChI=1S/C16H20N2O3/c1-3-16(20)18(4-2)11-15(19)17-13-7-8-14-12(10-13)6-5-9-21-14/h3,7-8,10H,1,4-6,9,11H2,2H3,(H,17,19). The largest absolute Gasteiger partial charge is 0.493 e. The lowest BCUT2D eigenvalue weighted by atomic mass is 10.1. The Labute approximate surface area is 124 Å². The van der Waals surface area contributed by atoms with Gasteiger partial charge in [-0.1, -0.05) is 6.58 Å². The molecule has 0 spiro atoms. The predicted octanol–water partition coefficient (Wildman–Crippen LogP) is 1.98. The molecular weight excluding hydrogens is 268 g/mol. The molecule has 1 heterocycles. The number of carbonyl (C=O) groups excluding carboxylic acids is 2. The van der Waals surface area contributed by atoms with E-state index in [0.717, 1.165) is 36.4 Å². The van der Waals surface area contributed by atoms with E-state index in [9.17, 15) is 9.59 Å². The molecule has 0 fully saturated rings. The number of amides is 2. The van der Waals surface area contributed by atoms with Crippen LogP contribution in [0.4, 0.5) is 5.69 Å². The highest BCUT2D eigenvalue weighted by Gasteiger charge is 2.14. The van der Waals surface area contributed by atoms with Crippen molar-refractivity contribution in [1.29, 1.82) is 0 Å². The quantitative estimate of drug-likeness (QED) is 0.843. The van der Waals surface area contributed by atoms with Gasteiger partial charge in [0.05, 0.1) is 6.61 Å². The van der Waals surface area contributed by atoms with Gasteiger partial charge in [0, 0.05) is 12.2 Å². The molecule has 1 N–H and O–H groups in total. The first-order valence-corrected chi connectivity index (χ1v) is 7.11. The molecule has 1 aromatic carbocycles. The third-order valence-electron chi connectivity index (χ3n) is 3.39. The number of likely N-dealkylation sites (N-methyl/N-ethyl adjacent to an activating group) is 1. The molecule has 2 rings (SSSR count). The molecule has 2 amide bonds. The van der Waals surface area contributed by atoms with E-state index in [1.54, 1.807) is 0 Å². The number of fused-ring (bicyclic) bond motifs is 1. The first kappa shape index (κ1) is 15.1. The van der Waals surface area contributed by atoms with E-state index in [2.05, 4.69) is 11.9 Å². The number of anilines is 1. The van der Waals surface area contributed by atoms with E-state index in [1.165, 1.54) is 11.0 Å². The van der Waals surface area contributed by atoms with Gasteiger partial charge in [0.25, 0.3) is 0 Å². The second-order valence-corrected chi connectivity index (χ2v) is 4.88. The van der Waals surface area contributed by atoms with Crippen molar-refractivity contribution in [3.8, 4) is 5.75 Å². The van der Waals surface area contributed by atoms with E-state index in [4.69, 9.17) is 4.74 Å². The summed E-state index contributed by atoms with van der Waals surface area (Å²) < 4.78 is 5.53. The number of nitrogens with one attached hydrogen (secondary N) is 1. The van der Waals surface area contributed by atoms with Crippen LogP contribution in [-0.4, -0.2) is 36.4 Å². The number of nitrogens with zero attached hydrogens (tertiary/aromatic N) is 1. The van der Waals surface area contributed by atoms with Crippen LogP contribution in [0.3, 0.4) is 0 Å². The van der Waals surface area contributed by atoms with Crippen LogP contribution >= 0.6 is 0 Å². The summed E-state index contributed by atoms with van der Waals surface area (Å²) in [4.78, 5) is 25.0. The monoisotopic (exact) mass is 288 g/mol. The molecule has 0 aliphatic carbocycles. The van der Waals surface area contributed by atoms with Crippen molar-refractivity contribution in [2.24, 2.45) is 0 Å². The van der Waals surface area contributed by atoms with Crippen molar-refractivity contribution in [3.05, 3.63) is 36.4 Å². The molecule has 1 aliphatic rings. The summed E-state index contributed by atoms with van der Waals surface area (Å²) in [6, 6.07) is 5.61. The molecule has 1 aromatic rings. The summed E-state index contributed by atoms with van der Waals surface area (Å²) in [5.74, 6) is 0.423. The minimum absolute atomic E-state index is 0.0228. The molecule has 1 aliphatic heterocycles. The van der Waals surface area contributed by atoms with Crippen LogP contribution in [0.25, 0.3) is 0 Å². The fraction of sp³-hybridized carbons (Fsp3) is 0.375. The number of carbonyl (C=O) groups is 2. The van der Waals surface area contributed by atoms with Crippen molar-refractivity contribution in [2.45, 2.75) is 19.8 Å². The topological polar surface area (TPSA) is 58.6 Å². The summed E-state index contributed by atoms with van der Waals surface area (Å²) in [5, 5.41) is 2.81. The van der Waals surface area contributed by atoms with E-state index >= 15 is 0 Å². The maximum atomic E-state index is 12.0. The van der Waals surface area contributed by atoms with Crippen LogP contribution in [0.1, 0.15) is 18.9 Å². The molecule has 112 valence electrons. The highest BCUT2D eigenvalue weighted by Crippen LogP contribution is 2.27. The summed E-state index contributed by atoms with van der Waals surface area (Å²) >= 11 is 0. The molecule has 0 saturated heterocycles. The van der Waals surface area contributed by atoms with Crippen molar-refractivity contribution in [3.63, 3.8) is 0 Å². The Bertz CT molecular complexity index is 554. The first-order chi connectivity index (χ1) is 10.1. The van der Waals surface area contributed by atoms with Crippen molar-refractivity contribution in [1.82, 2.24) is 4.90 Å². The van der Waals surface area contributed by atoms with Gasteiger partial charge in [-0.2, -0.15) is 0 Å². The van der Waals surface area contributed by atoms with Gasteiger partial charge in [-0.3, -0.25) is 9.59 Å². The molecule has 21 heavy (non-hydrogen) atoms. The molecule has 0 atom stereocenters. The fourth-order valence-corrected chi connectivity index (χ4v) is 2.29. The molecule has 5 nitrogen and oxygen atoms in total. The van der Waals surface area contributed by atoms with Crippen molar-refractivity contribution in [2.75, 3.05) is 25.0 Å². The Morgan fingerprint density at radius 2 is 2.29 bits per heavy atom. The zero-order chi connectivity index (χ0) is 15.2. The lowest BCUT2D eigenvalue weighted by molar-refractivity contribution is -0.130. The highest BCUT2D eigenvalue weighted by molar-refractivity contribution is 5.96. The third-order valence-corrected chi connectivity index (χ3v) is 3.39. The van der Waals surface area contributed by atoms with Crippen molar-refractivity contribution < 1.29 is 14.3 Å². The molecule has 5 heteroatoms. The lowest BCUT2D eigenvalue weighted by Gasteiger charge is -2.20. The van der Waals surface area contributed by atoms with Gasteiger partial charge in [0.1, 0.15) is 12.3 Å². The molecule has 0 radical (unpaired) electrons. The van der Waals surface area contributed by atoms with Gasteiger partial charge >= 0.3 is 0 Å². The van der Waals surface area contributed by atoms with E-state index in [0.29, 0.717) is 6.54 Å². The Hall–Kier alpha value is -2.30. The van der Waals surface area contributed by atoms with Gasteiger partial charge in [-0.15, -0.1) is 0 Å². The Kier molecular flexibility index (Phi) is 4.98. The molecule has 0 unspecified atom stereocenters. The summed E-state index contributed by atoms with van der Waals surface area (Å²) in [7, 11) is 0. The Balaban J connectivity index is 1.99. The van der Waals surface area contributed by atoms with Gasteiger partial charge in [0.2, 0.25) is 11.8 Å². The number of rotatable bonds is 5. The number of hydrogen-bond donors (Lipinski definition) is 1. The molecule has 0 saturated carbocycles. The highest BCUT2D eigenvalue weighted by atomic mass is 16.5. The van der Waals surface area contributed by atoms with E-state index in [1.807, 2.05) is 25.1 Å². The maximum Gasteiger partial charge on any atom is 0.246 e. The van der Waals surface area contributed by atoms with Crippen LogP contribution in [-0.2, 0) is 16.0 Å². The summed E-state index contributed by atoms with van der Waals surface area (Å²) in [6.07, 6.45) is 3.16. The first-order valence-electron chi connectivity index (χ1n) is 7.11. The molecule has 0 bridgehead atoms. The van der Waals surface area contributed by atoms with Gasteiger partial charge < -0.3 is 15.0 Å². The minimum Gasteiger partial charge on any atom is -0.493 e. The normalized spacial score (nSPS) is 12.8. The Morgan fingerprint density at radius 3 is 3.00 bits per heavy atom. The maximum absolute atomic E-state index is 12.0. The zero-order valence-electron chi connectivity index (χ0n) is 12.2.